The molecule has 1 aliphatic heterocycles. The number of rotatable bonds is 11. The van der Waals surface area contributed by atoms with E-state index in [0.29, 0.717) is 30.9 Å². The maximum Gasteiger partial charge on any atom is 0.251 e. The van der Waals surface area contributed by atoms with Crippen molar-refractivity contribution in [3.05, 3.63) is 89.7 Å². The second-order valence-electron chi connectivity index (χ2n) is 11.5. The summed E-state index contributed by atoms with van der Waals surface area (Å²) in [6.45, 7) is 0.823. The Hall–Kier alpha value is -3.61. The van der Waals surface area contributed by atoms with Crippen LogP contribution in [0.3, 0.4) is 0 Å². The van der Waals surface area contributed by atoms with Crippen LogP contribution in [0.25, 0.3) is 11.1 Å². The zero-order valence-electron chi connectivity index (χ0n) is 24.4. The van der Waals surface area contributed by atoms with Gasteiger partial charge < -0.3 is 15.5 Å². The molecule has 9 nitrogen and oxygen atoms in total. The van der Waals surface area contributed by atoms with Crippen LogP contribution in [-0.4, -0.2) is 83.0 Å². The van der Waals surface area contributed by atoms with Crippen molar-refractivity contribution in [3.63, 3.8) is 0 Å². The van der Waals surface area contributed by atoms with Gasteiger partial charge in [-0.2, -0.15) is 0 Å². The van der Waals surface area contributed by atoms with E-state index in [1.807, 2.05) is 0 Å². The van der Waals surface area contributed by atoms with Gasteiger partial charge in [-0.15, -0.1) is 0 Å². The predicted octanol–water partition coefficient (Wildman–Crippen LogP) is 3.18. The van der Waals surface area contributed by atoms with E-state index in [9.17, 15) is 30.8 Å². The largest absolute Gasteiger partial charge is 0.340 e. The van der Waals surface area contributed by atoms with Crippen molar-refractivity contribution in [1.82, 2.24) is 15.5 Å². The normalized spacial score (nSPS) is 20.1. The number of carbonyl (C=O) groups excluding carboxylic acids is 2. The summed E-state index contributed by atoms with van der Waals surface area (Å²) < 4.78 is 60.5. The standard InChI is InChI=1S/C32H36FN3O6S2/c1-43(39,40)27-14-10-23(11-15-27)22-4-6-25(7-5-22)31(37)35-29(32(38)36-17-19-44(41,42)20-18-36)3-2-16-34-30-21-28(30)24-8-12-26(33)13-9-24/h4-15,28-30,34H,2-3,16-21H2,1H3,(H,35,37)/t28-,29-,30+/m0/s1. The quantitative estimate of drug-likeness (QED) is 0.308. The Bertz CT molecular complexity index is 1700. The fraction of sp³-hybridized carbons (Fsp3) is 0.375. The van der Waals surface area contributed by atoms with Crippen LogP contribution in [-0.2, 0) is 24.5 Å². The molecule has 0 bridgehead atoms. The van der Waals surface area contributed by atoms with Gasteiger partial charge in [0.25, 0.3) is 5.91 Å². The number of nitrogens with one attached hydrogen (secondary N) is 2. The van der Waals surface area contributed by atoms with Gasteiger partial charge >= 0.3 is 0 Å². The molecule has 5 rings (SSSR count). The van der Waals surface area contributed by atoms with E-state index >= 15 is 0 Å². The molecule has 3 aromatic rings. The summed E-state index contributed by atoms with van der Waals surface area (Å²) in [4.78, 5) is 28.4. The van der Waals surface area contributed by atoms with Crippen LogP contribution in [0.2, 0.25) is 0 Å². The topological polar surface area (TPSA) is 130 Å². The zero-order valence-corrected chi connectivity index (χ0v) is 26.0. The lowest BCUT2D eigenvalue weighted by Gasteiger charge is -2.30. The Balaban J connectivity index is 1.20. The lowest BCUT2D eigenvalue weighted by molar-refractivity contribution is -0.133. The summed E-state index contributed by atoms with van der Waals surface area (Å²) in [5, 5.41) is 6.35. The van der Waals surface area contributed by atoms with Crippen molar-refractivity contribution >= 4 is 31.5 Å². The molecule has 12 heteroatoms. The van der Waals surface area contributed by atoms with Crippen LogP contribution in [0.5, 0.6) is 0 Å². The number of nitrogens with zero attached hydrogens (tertiary/aromatic N) is 1. The minimum absolute atomic E-state index is 0.0972. The van der Waals surface area contributed by atoms with Gasteiger partial charge in [0.05, 0.1) is 16.4 Å². The van der Waals surface area contributed by atoms with Crippen molar-refractivity contribution in [2.75, 3.05) is 37.4 Å². The van der Waals surface area contributed by atoms with Gasteiger partial charge in [-0.05, 0) is 78.9 Å². The average Bonchev–Trinajstić information content (AvgIpc) is 3.78. The van der Waals surface area contributed by atoms with Crippen molar-refractivity contribution in [2.45, 2.75) is 42.2 Å². The molecule has 0 radical (unpaired) electrons. The highest BCUT2D eigenvalue weighted by atomic mass is 32.2. The molecule has 0 aromatic heterocycles. The second kappa shape index (κ2) is 13.2. The first-order chi connectivity index (χ1) is 20.9. The molecule has 2 N–H and O–H groups in total. The van der Waals surface area contributed by atoms with E-state index in [1.165, 1.54) is 29.2 Å². The van der Waals surface area contributed by atoms with Crippen LogP contribution in [0.1, 0.15) is 41.1 Å². The lowest BCUT2D eigenvalue weighted by Crippen LogP contribution is -2.53. The van der Waals surface area contributed by atoms with Crippen molar-refractivity contribution in [3.8, 4) is 11.1 Å². The number of sulfone groups is 2. The molecule has 1 saturated heterocycles. The molecule has 1 saturated carbocycles. The highest BCUT2D eigenvalue weighted by Crippen LogP contribution is 2.40. The van der Waals surface area contributed by atoms with Crippen molar-refractivity contribution < 1.29 is 30.8 Å². The van der Waals surface area contributed by atoms with Crippen LogP contribution in [0, 0.1) is 5.82 Å². The second-order valence-corrected chi connectivity index (χ2v) is 15.8. The molecular formula is C32H36FN3O6S2. The van der Waals surface area contributed by atoms with E-state index in [4.69, 9.17) is 0 Å². The monoisotopic (exact) mass is 641 g/mol. The summed E-state index contributed by atoms with van der Waals surface area (Å²) in [6.07, 6.45) is 3.08. The molecule has 0 spiro atoms. The summed E-state index contributed by atoms with van der Waals surface area (Å²) >= 11 is 0. The molecular weight excluding hydrogens is 605 g/mol. The Morgan fingerprint density at radius 2 is 1.52 bits per heavy atom. The SMILES string of the molecule is CS(=O)(=O)c1ccc(-c2ccc(C(=O)N[C@@H](CCCN[C@@H]3C[C@H]3c3ccc(F)cc3)C(=O)N3CCS(=O)(=O)CC3)cc2)cc1. The third kappa shape index (κ3) is 8.10. The molecule has 2 amide bonds. The van der Waals surface area contributed by atoms with Crippen molar-refractivity contribution in [2.24, 2.45) is 0 Å². The Labute approximate surface area is 257 Å². The Morgan fingerprint density at radius 3 is 2.11 bits per heavy atom. The molecule has 2 aliphatic rings. The fourth-order valence-corrected chi connectivity index (χ4v) is 7.29. The minimum Gasteiger partial charge on any atom is -0.340 e. The maximum atomic E-state index is 13.4. The third-order valence-corrected chi connectivity index (χ3v) is 10.9. The van der Waals surface area contributed by atoms with Crippen LogP contribution >= 0.6 is 0 Å². The first-order valence-corrected chi connectivity index (χ1v) is 18.3. The van der Waals surface area contributed by atoms with Crippen LogP contribution in [0.4, 0.5) is 4.39 Å². The Morgan fingerprint density at radius 1 is 0.932 bits per heavy atom. The molecule has 3 aromatic carbocycles. The molecule has 2 fully saturated rings. The van der Waals surface area contributed by atoms with E-state index in [1.54, 1.807) is 48.5 Å². The van der Waals surface area contributed by atoms with Gasteiger partial charge in [-0.25, -0.2) is 21.2 Å². The van der Waals surface area contributed by atoms with Gasteiger partial charge in [-0.1, -0.05) is 36.4 Å². The van der Waals surface area contributed by atoms with Gasteiger partial charge in [0, 0.05) is 36.9 Å². The zero-order chi connectivity index (χ0) is 31.5. The number of benzene rings is 3. The summed E-state index contributed by atoms with van der Waals surface area (Å²) in [7, 11) is -6.48. The molecule has 234 valence electrons. The van der Waals surface area contributed by atoms with E-state index in [-0.39, 0.29) is 47.3 Å². The smallest absolute Gasteiger partial charge is 0.251 e. The Kier molecular flexibility index (Phi) is 9.52. The molecule has 44 heavy (non-hydrogen) atoms. The number of carbonyl (C=O) groups is 2. The highest BCUT2D eigenvalue weighted by Gasteiger charge is 2.38. The number of amides is 2. The fourth-order valence-electron chi connectivity index (χ4n) is 5.45. The molecule has 1 aliphatic carbocycles. The number of halogens is 1. The van der Waals surface area contributed by atoms with E-state index in [2.05, 4.69) is 10.6 Å². The highest BCUT2D eigenvalue weighted by molar-refractivity contribution is 7.91. The molecule has 1 heterocycles. The minimum atomic E-state index is -3.31. The van der Waals surface area contributed by atoms with E-state index in [0.717, 1.165) is 29.4 Å². The van der Waals surface area contributed by atoms with Gasteiger partial charge in [0.2, 0.25) is 5.91 Å². The molecule has 3 atom stereocenters. The first-order valence-electron chi connectivity index (χ1n) is 14.6. The predicted molar refractivity (Wildman–Crippen MR) is 166 cm³/mol. The van der Waals surface area contributed by atoms with Gasteiger partial charge in [0.1, 0.15) is 11.9 Å². The first kappa shape index (κ1) is 31.8. The maximum absolute atomic E-state index is 13.4. The van der Waals surface area contributed by atoms with E-state index < -0.39 is 31.6 Å². The van der Waals surface area contributed by atoms with Gasteiger partial charge in [-0.3, -0.25) is 9.59 Å². The van der Waals surface area contributed by atoms with Crippen LogP contribution in [0.15, 0.2) is 77.7 Å². The molecule has 0 unspecified atom stereocenters. The number of hydrogen-bond donors (Lipinski definition) is 2. The lowest BCUT2D eigenvalue weighted by atomic mass is 10.0. The summed E-state index contributed by atoms with van der Waals surface area (Å²) in [6, 6.07) is 19.3. The summed E-state index contributed by atoms with van der Waals surface area (Å²) in [5.41, 5.74) is 3.04. The van der Waals surface area contributed by atoms with Crippen LogP contribution < -0.4 is 10.6 Å². The number of hydrogen-bond acceptors (Lipinski definition) is 7. The average molecular weight is 642 g/mol. The van der Waals surface area contributed by atoms with Crippen molar-refractivity contribution in [1.29, 1.82) is 0 Å². The van der Waals surface area contributed by atoms with Gasteiger partial charge in [0.15, 0.2) is 19.7 Å². The summed E-state index contributed by atoms with van der Waals surface area (Å²) in [5.74, 6) is -0.853. The third-order valence-electron chi connectivity index (χ3n) is 8.19.